The van der Waals surface area contributed by atoms with Gasteiger partial charge in [0.1, 0.15) is 5.82 Å². The molecule has 0 heterocycles. The average molecular weight is 459 g/mol. The molecule has 0 aliphatic rings. The van der Waals surface area contributed by atoms with Gasteiger partial charge in [-0.25, -0.2) is 4.39 Å². The van der Waals surface area contributed by atoms with Crippen LogP contribution in [-0.2, 0) is 4.79 Å². The summed E-state index contributed by atoms with van der Waals surface area (Å²) >= 11 is 12.1. The molecule has 0 atom stereocenters. The summed E-state index contributed by atoms with van der Waals surface area (Å²) in [6, 6.07) is 16.1. The number of carbonyl (C=O) groups is 3. The molecule has 5 nitrogen and oxygen atoms in total. The number of nitrogens with one attached hydrogen (secondary N) is 1. The van der Waals surface area contributed by atoms with Crippen LogP contribution in [0.5, 0.6) is 0 Å². The maximum atomic E-state index is 13.2. The zero-order valence-electron chi connectivity index (χ0n) is 16.4. The first-order valence-corrected chi connectivity index (χ1v) is 9.92. The zero-order valence-corrected chi connectivity index (χ0v) is 17.9. The topological polar surface area (TPSA) is 66.5 Å². The minimum Gasteiger partial charge on any atom is -0.332 e. The van der Waals surface area contributed by atoms with Gasteiger partial charge >= 0.3 is 0 Å². The van der Waals surface area contributed by atoms with Gasteiger partial charge in [0.15, 0.2) is 5.78 Å². The molecule has 3 aromatic rings. The van der Waals surface area contributed by atoms with Gasteiger partial charge in [-0.15, -0.1) is 0 Å². The fourth-order valence-electron chi connectivity index (χ4n) is 2.91. The monoisotopic (exact) mass is 458 g/mol. The predicted octanol–water partition coefficient (Wildman–Crippen LogP) is 5.07. The molecule has 0 aliphatic carbocycles. The number of amides is 2. The molecule has 31 heavy (non-hydrogen) atoms. The van der Waals surface area contributed by atoms with Crippen molar-refractivity contribution >= 4 is 46.5 Å². The minimum absolute atomic E-state index is 0.128. The van der Waals surface area contributed by atoms with Crippen molar-refractivity contribution in [2.75, 3.05) is 18.9 Å². The van der Waals surface area contributed by atoms with E-state index in [2.05, 4.69) is 5.32 Å². The molecular formula is C23H17Cl2FN2O3. The summed E-state index contributed by atoms with van der Waals surface area (Å²) in [5, 5.41) is 3.12. The van der Waals surface area contributed by atoms with Crippen LogP contribution in [0.4, 0.5) is 10.1 Å². The Morgan fingerprint density at radius 3 is 2.06 bits per heavy atom. The van der Waals surface area contributed by atoms with Crippen LogP contribution < -0.4 is 5.32 Å². The van der Waals surface area contributed by atoms with Crippen LogP contribution in [0, 0.1) is 5.82 Å². The highest BCUT2D eigenvalue weighted by molar-refractivity contribution is 6.39. The van der Waals surface area contributed by atoms with Crippen molar-refractivity contribution in [2.24, 2.45) is 0 Å². The molecule has 0 saturated heterocycles. The number of benzene rings is 3. The quantitative estimate of drug-likeness (QED) is 0.524. The lowest BCUT2D eigenvalue weighted by Crippen LogP contribution is -2.35. The molecule has 158 valence electrons. The van der Waals surface area contributed by atoms with E-state index in [-0.39, 0.29) is 39.0 Å². The highest BCUT2D eigenvalue weighted by Crippen LogP contribution is 2.29. The number of nitrogens with zero attached hydrogens (tertiary/aromatic N) is 1. The molecule has 2 amide bonds. The Kier molecular flexibility index (Phi) is 7.05. The SMILES string of the molecule is CN(CC(=O)Nc1c(Cl)cccc1Cl)C(=O)c1ccccc1C(=O)c1ccc(F)cc1. The molecular weight excluding hydrogens is 442 g/mol. The number of ketones is 1. The lowest BCUT2D eigenvalue weighted by Gasteiger charge is -2.19. The highest BCUT2D eigenvalue weighted by atomic mass is 35.5. The van der Waals surface area contributed by atoms with Gasteiger partial charge in [0, 0.05) is 18.2 Å². The van der Waals surface area contributed by atoms with Gasteiger partial charge in [-0.05, 0) is 42.5 Å². The molecule has 0 radical (unpaired) electrons. The molecule has 3 aromatic carbocycles. The van der Waals surface area contributed by atoms with Gasteiger partial charge in [0.2, 0.25) is 5.91 Å². The van der Waals surface area contributed by atoms with Crippen LogP contribution in [0.3, 0.4) is 0 Å². The second-order valence-corrected chi connectivity index (χ2v) is 7.50. The molecule has 0 bridgehead atoms. The van der Waals surface area contributed by atoms with Gasteiger partial charge in [-0.1, -0.05) is 47.5 Å². The Bertz CT molecular complexity index is 1130. The highest BCUT2D eigenvalue weighted by Gasteiger charge is 2.22. The third-order valence-electron chi connectivity index (χ3n) is 4.46. The van der Waals surface area contributed by atoms with E-state index >= 15 is 0 Å². The number of hydrogen-bond acceptors (Lipinski definition) is 3. The van der Waals surface area contributed by atoms with Crippen molar-refractivity contribution in [3.05, 3.63) is 99.3 Å². The first-order valence-electron chi connectivity index (χ1n) is 9.16. The number of hydrogen-bond donors (Lipinski definition) is 1. The van der Waals surface area contributed by atoms with Crippen molar-refractivity contribution < 1.29 is 18.8 Å². The molecule has 8 heteroatoms. The van der Waals surface area contributed by atoms with Gasteiger partial charge in [0.25, 0.3) is 5.91 Å². The van der Waals surface area contributed by atoms with Crippen LogP contribution >= 0.6 is 23.2 Å². The van der Waals surface area contributed by atoms with Crippen LogP contribution in [-0.4, -0.2) is 36.1 Å². The Morgan fingerprint density at radius 2 is 1.45 bits per heavy atom. The molecule has 0 spiro atoms. The van der Waals surface area contributed by atoms with Crippen LogP contribution in [0.2, 0.25) is 10.0 Å². The van der Waals surface area contributed by atoms with E-state index in [9.17, 15) is 18.8 Å². The summed E-state index contributed by atoms with van der Waals surface area (Å²) in [5.74, 6) is -1.92. The second-order valence-electron chi connectivity index (χ2n) is 6.69. The Labute approximate surface area is 188 Å². The lowest BCUT2D eigenvalue weighted by atomic mass is 9.97. The average Bonchev–Trinajstić information content (AvgIpc) is 2.76. The largest absolute Gasteiger partial charge is 0.332 e. The normalized spacial score (nSPS) is 10.5. The summed E-state index contributed by atoms with van der Waals surface area (Å²) in [7, 11) is 1.44. The third kappa shape index (κ3) is 5.29. The third-order valence-corrected chi connectivity index (χ3v) is 5.09. The van der Waals surface area contributed by atoms with E-state index in [1.54, 1.807) is 30.3 Å². The smallest absolute Gasteiger partial charge is 0.254 e. The van der Waals surface area contributed by atoms with Gasteiger partial charge in [-0.3, -0.25) is 14.4 Å². The van der Waals surface area contributed by atoms with Gasteiger partial charge in [-0.2, -0.15) is 0 Å². The zero-order chi connectivity index (χ0) is 22.5. The van der Waals surface area contributed by atoms with Crippen molar-refractivity contribution in [3.8, 4) is 0 Å². The Morgan fingerprint density at radius 1 is 0.871 bits per heavy atom. The maximum absolute atomic E-state index is 13.2. The van der Waals surface area contributed by atoms with E-state index in [4.69, 9.17) is 23.2 Å². The number of carbonyl (C=O) groups excluding carboxylic acids is 3. The second kappa shape index (κ2) is 9.73. The summed E-state index contributed by atoms with van der Waals surface area (Å²) in [4.78, 5) is 39.4. The number of para-hydroxylation sites is 1. The first kappa shape index (κ1) is 22.5. The van der Waals surface area contributed by atoms with Crippen LogP contribution in [0.25, 0.3) is 0 Å². The molecule has 0 unspecified atom stereocenters. The Hall–Kier alpha value is -3.22. The molecule has 0 aromatic heterocycles. The predicted molar refractivity (Wildman–Crippen MR) is 118 cm³/mol. The van der Waals surface area contributed by atoms with Crippen LogP contribution in [0.15, 0.2) is 66.7 Å². The maximum Gasteiger partial charge on any atom is 0.254 e. The number of anilines is 1. The van der Waals surface area contributed by atoms with E-state index in [0.717, 1.165) is 0 Å². The fraction of sp³-hybridized carbons (Fsp3) is 0.0870. The number of rotatable bonds is 6. The fourth-order valence-corrected chi connectivity index (χ4v) is 3.41. The van der Waals surface area contributed by atoms with E-state index in [1.165, 1.54) is 48.3 Å². The summed E-state index contributed by atoms with van der Waals surface area (Å²) < 4.78 is 13.2. The summed E-state index contributed by atoms with van der Waals surface area (Å²) in [6.45, 7) is -0.292. The standard InChI is InChI=1S/C23H17Cl2FN2O3/c1-28(13-20(29)27-21-18(24)7-4-8-19(21)25)23(31)17-6-3-2-5-16(17)22(30)14-9-11-15(26)12-10-14/h2-12H,13H2,1H3,(H,27,29). The lowest BCUT2D eigenvalue weighted by molar-refractivity contribution is -0.116. The molecule has 0 aliphatic heterocycles. The molecule has 1 N–H and O–H groups in total. The summed E-state index contributed by atoms with van der Waals surface area (Å²) in [5.41, 5.74) is 0.780. The number of halogens is 3. The van der Waals surface area contributed by atoms with Crippen molar-refractivity contribution in [2.45, 2.75) is 0 Å². The van der Waals surface area contributed by atoms with Gasteiger partial charge in [0.05, 0.1) is 27.8 Å². The van der Waals surface area contributed by atoms with Crippen LogP contribution in [0.1, 0.15) is 26.3 Å². The first-order chi connectivity index (χ1) is 14.8. The van der Waals surface area contributed by atoms with E-state index in [0.29, 0.717) is 0 Å². The minimum atomic E-state index is -0.522. The molecule has 3 rings (SSSR count). The number of likely N-dealkylation sites (N-methyl/N-ethyl adjacent to an activating group) is 1. The van der Waals surface area contributed by atoms with Crippen molar-refractivity contribution in [1.29, 1.82) is 0 Å². The van der Waals surface area contributed by atoms with E-state index in [1.807, 2.05) is 0 Å². The van der Waals surface area contributed by atoms with Gasteiger partial charge < -0.3 is 10.2 Å². The molecule has 0 fully saturated rings. The summed E-state index contributed by atoms with van der Waals surface area (Å²) in [6.07, 6.45) is 0. The van der Waals surface area contributed by atoms with E-state index < -0.39 is 23.4 Å². The van der Waals surface area contributed by atoms with Crippen molar-refractivity contribution in [3.63, 3.8) is 0 Å². The molecule has 0 saturated carbocycles. The Balaban J connectivity index is 1.77. The van der Waals surface area contributed by atoms with Crippen molar-refractivity contribution in [1.82, 2.24) is 4.90 Å².